The van der Waals surface area contributed by atoms with Crippen LogP contribution >= 0.6 is 0 Å². The van der Waals surface area contributed by atoms with Crippen LogP contribution in [0.3, 0.4) is 0 Å². The van der Waals surface area contributed by atoms with E-state index < -0.39 is 0 Å². The fraction of sp³-hybridized carbons (Fsp3) is 0.731. The number of likely N-dealkylation sites (tertiary alicyclic amines) is 1. The zero-order chi connectivity index (χ0) is 21.5. The van der Waals surface area contributed by atoms with Crippen LogP contribution < -0.4 is 4.74 Å². The largest absolute Gasteiger partial charge is 0.493 e. The second-order valence-electron chi connectivity index (χ2n) is 10.0. The van der Waals surface area contributed by atoms with Gasteiger partial charge in [0.15, 0.2) is 0 Å². The Morgan fingerprint density at radius 1 is 0.968 bits per heavy atom. The standard InChI is InChI=1S/C26H40N2O3/c1-27-17-19-30-18-7-6-12-26(21-31-24-11-5-4-10-23(24)20-27)13-15-28(16-14-26)25(29)22-8-2-3-9-22/h4-5,10-11,22H,2-3,6-9,12-21H2,1H3. The van der Waals surface area contributed by atoms with Gasteiger partial charge in [-0.1, -0.05) is 37.5 Å². The van der Waals surface area contributed by atoms with Crippen molar-refractivity contribution in [3.05, 3.63) is 29.8 Å². The number of fused-ring (bicyclic) bond motifs is 1. The molecule has 1 spiro atoms. The summed E-state index contributed by atoms with van der Waals surface area (Å²) in [6, 6.07) is 8.45. The number of carbonyl (C=O) groups is 1. The van der Waals surface area contributed by atoms with Gasteiger partial charge in [0.05, 0.1) is 13.2 Å². The molecule has 1 aliphatic carbocycles. The molecule has 5 heteroatoms. The molecule has 1 saturated heterocycles. The van der Waals surface area contributed by atoms with Crippen LogP contribution in [0.25, 0.3) is 0 Å². The van der Waals surface area contributed by atoms with Crippen LogP contribution in [0.15, 0.2) is 24.3 Å². The molecule has 172 valence electrons. The number of benzene rings is 1. The summed E-state index contributed by atoms with van der Waals surface area (Å²) in [6.45, 7) is 5.95. The molecule has 31 heavy (non-hydrogen) atoms. The highest BCUT2D eigenvalue weighted by molar-refractivity contribution is 5.79. The zero-order valence-corrected chi connectivity index (χ0v) is 19.3. The van der Waals surface area contributed by atoms with Gasteiger partial charge in [0, 0.05) is 49.7 Å². The lowest BCUT2D eigenvalue weighted by molar-refractivity contribution is -0.138. The fourth-order valence-electron chi connectivity index (χ4n) is 5.50. The number of hydrogen-bond acceptors (Lipinski definition) is 4. The molecule has 0 unspecified atom stereocenters. The van der Waals surface area contributed by atoms with Crippen molar-refractivity contribution < 1.29 is 14.3 Å². The van der Waals surface area contributed by atoms with Gasteiger partial charge >= 0.3 is 0 Å². The maximum Gasteiger partial charge on any atom is 0.225 e. The summed E-state index contributed by atoms with van der Waals surface area (Å²) in [4.78, 5) is 17.4. The molecule has 1 aromatic rings. The monoisotopic (exact) mass is 428 g/mol. The van der Waals surface area contributed by atoms with Gasteiger partial charge in [-0.3, -0.25) is 9.69 Å². The Hall–Kier alpha value is -1.59. The van der Waals surface area contributed by atoms with E-state index in [2.05, 4.69) is 41.1 Å². The number of amides is 1. The Morgan fingerprint density at radius 3 is 2.55 bits per heavy atom. The van der Waals surface area contributed by atoms with Gasteiger partial charge in [-0.2, -0.15) is 0 Å². The fourth-order valence-corrected chi connectivity index (χ4v) is 5.50. The highest BCUT2D eigenvalue weighted by Crippen LogP contribution is 2.39. The number of nitrogens with zero attached hydrogens (tertiary/aromatic N) is 2. The first-order chi connectivity index (χ1) is 15.2. The molecule has 1 saturated carbocycles. The highest BCUT2D eigenvalue weighted by Gasteiger charge is 2.38. The Morgan fingerprint density at radius 2 is 1.74 bits per heavy atom. The van der Waals surface area contributed by atoms with E-state index in [1.54, 1.807) is 0 Å². The van der Waals surface area contributed by atoms with Crippen molar-refractivity contribution in [1.29, 1.82) is 0 Å². The average molecular weight is 429 g/mol. The average Bonchev–Trinajstić information content (AvgIpc) is 3.33. The second-order valence-corrected chi connectivity index (χ2v) is 10.0. The number of likely N-dealkylation sites (N-methyl/N-ethyl adjacent to an activating group) is 1. The SMILES string of the molecule is CN1CCOCCCCC2(CCN(C(=O)C3CCCC3)CC2)COc2ccccc2C1. The quantitative estimate of drug-likeness (QED) is 0.661. The van der Waals surface area contributed by atoms with Crippen LogP contribution in [0.5, 0.6) is 5.75 Å². The van der Waals surface area contributed by atoms with E-state index in [1.807, 2.05) is 0 Å². The molecular weight excluding hydrogens is 388 g/mol. The van der Waals surface area contributed by atoms with Crippen molar-refractivity contribution in [2.24, 2.45) is 11.3 Å². The first kappa shape index (κ1) is 22.6. The Bertz CT molecular complexity index is 708. The van der Waals surface area contributed by atoms with Crippen molar-refractivity contribution in [3.8, 4) is 5.75 Å². The van der Waals surface area contributed by atoms with Crippen molar-refractivity contribution >= 4 is 5.91 Å². The second kappa shape index (κ2) is 10.8. The van der Waals surface area contributed by atoms with Crippen LogP contribution in [-0.4, -0.2) is 62.2 Å². The van der Waals surface area contributed by atoms with Gasteiger partial charge in [-0.25, -0.2) is 0 Å². The van der Waals surface area contributed by atoms with Crippen LogP contribution in [0.1, 0.15) is 63.4 Å². The van der Waals surface area contributed by atoms with Crippen LogP contribution in [0.4, 0.5) is 0 Å². The van der Waals surface area contributed by atoms with E-state index in [1.165, 1.54) is 18.4 Å². The molecule has 0 N–H and O–H groups in total. The van der Waals surface area contributed by atoms with Crippen molar-refractivity contribution in [3.63, 3.8) is 0 Å². The third-order valence-corrected chi connectivity index (χ3v) is 7.65. The minimum absolute atomic E-state index is 0.162. The van der Waals surface area contributed by atoms with Gasteiger partial charge in [0.25, 0.3) is 0 Å². The highest BCUT2D eigenvalue weighted by atomic mass is 16.5. The number of carbonyl (C=O) groups excluding carboxylic acids is 1. The minimum atomic E-state index is 0.162. The number of para-hydroxylation sites is 1. The molecule has 2 heterocycles. The lowest BCUT2D eigenvalue weighted by atomic mass is 9.75. The van der Waals surface area contributed by atoms with Crippen LogP contribution in [0, 0.1) is 11.3 Å². The molecule has 1 amide bonds. The molecule has 1 aromatic carbocycles. The molecule has 0 radical (unpaired) electrons. The number of rotatable bonds is 1. The summed E-state index contributed by atoms with van der Waals surface area (Å²) in [5, 5.41) is 0. The molecule has 0 aromatic heterocycles. The Balaban J connectivity index is 1.43. The van der Waals surface area contributed by atoms with Crippen molar-refractivity contribution in [2.45, 2.75) is 64.3 Å². The van der Waals surface area contributed by atoms with E-state index in [-0.39, 0.29) is 11.3 Å². The summed E-state index contributed by atoms with van der Waals surface area (Å²) in [5.74, 6) is 1.71. The Labute approximate surface area is 188 Å². The van der Waals surface area contributed by atoms with Gasteiger partial charge in [0.1, 0.15) is 5.75 Å². The normalized spacial score (nSPS) is 24.4. The minimum Gasteiger partial charge on any atom is -0.493 e. The van der Waals surface area contributed by atoms with Crippen LogP contribution in [-0.2, 0) is 16.1 Å². The maximum atomic E-state index is 12.9. The van der Waals surface area contributed by atoms with Gasteiger partial charge < -0.3 is 14.4 Å². The zero-order valence-electron chi connectivity index (χ0n) is 19.3. The lowest BCUT2D eigenvalue weighted by Crippen LogP contribution is -2.47. The topological polar surface area (TPSA) is 42.0 Å². The molecule has 2 aliphatic heterocycles. The summed E-state index contributed by atoms with van der Waals surface area (Å²) >= 11 is 0. The predicted molar refractivity (Wildman–Crippen MR) is 123 cm³/mol. The molecule has 0 bridgehead atoms. The van der Waals surface area contributed by atoms with Gasteiger partial charge in [-0.05, 0) is 51.6 Å². The van der Waals surface area contributed by atoms with Crippen LogP contribution in [0.2, 0.25) is 0 Å². The summed E-state index contributed by atoms with van der Waals surface area (Å²) < 4.78 is 12.4. The molecule has 0 atom stereocenters. The van der Waals surface area contributed by atoms with E-state index in [0.29, 0.717) is 5.91 Å². The van der Waals surface area contributed by atoms with Gasteiger partial charge in [0.2, 0.25) is 5.91 Å². The third-order valence-electron chi connectivity index (χ3n) is 7.65. The van der Waals surface area contributed by atoms with E-state index >= 15 is 0 Å². The van der Waals surface area contributed by atoms with Gasteiger partial charge in [-0.15, -0.1) is 0 Å². The van der Waals surface area contributed by atoms with E-state index in [9.17, 15) is 4.79 Å². The molecule has 4 rings (SSSR count). The first-order valence-corrected chi connectivity index (χ1v) is 12.4. The number of piperidine rings is 1. The first-order valence-electron chi connectivity index (χ1n) is 12.4. The Kier molecular flexibility index (Phi) is 7.89. The summed E-state index contributed by atoms with van der Waals surface area (Å²) in [6.07, 6.45) is 10.2. The lowest BCUT2D eigenvalue weighted by Gasteiger charge is -2.42. The van der Waals surface area contributed by atoms with Crippen molar-refractivity contribution in [2.75, 3.05) is 46.5 Å². The maximum absolute atomic E-state index is 12.9. The summed E-state index contributed by atoms with van der Waals surface area (Å²) in [5.41, 5.74) is 1.40. The third kappa shape index (κ3) is 6.01. The van der Waals surface area contributed by atoms with Crippen molar-refractivity contribution in [1.82, 2.24) is 9.80 Å². The summed E-state index contributed by atoms with van der Waals surface area (Å²) in [7, 11) is 2.14. The number of hydrogen-bond donors (Lipinski definition) is 0. The molecular formula is C26H40N2O3. The predicted octanol–water partition coefficient (Wildman–Crippen LogP) is 4.50. The molecule has 5 nitrogen and oxygen atoms in total. The molecule has 2 fully saturated rings. The van der Waals surface area contributed by atoms with E-state index in [4.69, 9.17) is 9.47 Å². The number of ether oxygens (including phenoxy) is 2. The molecule has 3 aliphatic rings. The van der Waals surface area contributed by atoms with E-state index in [0.717, 1.165) is 96.7 Å². The smallest absolute Gasteiger partial charge is 0.225 e.